The van der Waals surface area contributed by atoms with Crippen LogP contribution in [0, 0.1) is 23.6 Å². The minimum atomic E-state index is -0.243. The summed E-state index contributed by atoms with van der Waals surface area (Å²) in [6, 6.07) is 14.7. The van der Waals surface area contributed by atoms with Crippen LogP contribution in [0.15, 0.2) is 48.5 Å². The van der Waals surface area contributed by atoms with Gasteiger partial charge in [-0.25, -0.2) is 9.37 Å². The monoisotopic (exact) mass is 351 g/mol. The van der Waals surface area contributed by atoms with Gasteiger partial charge >= 0.3 is 0 Å². The molecule has 0 N–H and O–H groups in total. The minimum Gasteiger partial charge on any atom is -0.493 e. The first-order valence-electron chi connectivity index (χ1n) is 9.20. The summed E-state index contributed by atoms with van der Waals surface area (Å²) in [5.41, 5.74) is 2.25. The molecule has 2 heterocycles. The first-order chi connectivity index (χ1) is 12.7. The molecule has 4 nitrogen and oxygen atoms in total. The van der Waals surface area contributed by atoms with Gasteiger partial charge in [-0.05, 0) is 36.1 Å². The number of hydrogen-bond donors (Lipinski definition) is 0. The van der Waals surface area contributed by atoms with E-state index in [4.69, 9.17) is 9.72 Å². The molecule has 0 spiro atoms. The van der Waals surface area contributed by atoms with Crippen molar-refractivity contribution < 1.29 is 9.13 Å². The zero-order valence-corrected chi connectivity index (χ0v) is 14.8. The number of hydrogen-bond acceptors (Lipinski definition) is 3. The topological polar surface area (TPSA) is 30.3 Å². The molecule has 1 saturated heterocycles. The highest BCUT2D eigenvalue weighted by molar-refractivity contribution is 5.75. The van der Waals surface area contributed by atoms with E-state index in [2.05, 4.69) is 34.7 Å². The number of para-hydroxylation sites is 2. The molecule has 2 aromatic carbocycles. The Morgan fingerprint density at radius 2 is 1.92 bits per heavy atom. The molecule has 1 aliphatic heterocycles. The van der Waals surface area contributed by atoms with E-state index in [1.807, 2.05) is 12.1 Å². The van der Waals surface area contributed by atoms with E-state index in [0.717, 1.165) is 31.0 Å². The van der Waals surface area contributed by atoms with Gasteiger partial charge in [0.15, 0.2) is 0 Å². The van der Waals surface area contributed by atoms with Gasteiger partial charge < -0.3 is 9.30 Å². The normalized spacial score (nSPS) is 24.8. The number of nitrogens with zero attached hydrogens (tertiary/aromatic N) is 3. The van der Waals surface area contributed by atoms with Gasteiger partial charge in [0.05, 0.1) is 24.2 Å². The molecule has 5 rings (SSSR count). The lowest BCUT2D eigenvalue weighted by atomic mass is 10.2. The smallest absolute Gasteiger partial charge is 0.126 e. The average Bonchev–Trinajstić information content (AvgIpc) is 2.96. The van der Waals surface area contributed by atoms with Crippen molar-refractivity contribution in [1.29, 1.82) is 0 Å². The molecule has 2 fully saturated rings. The highest BCUT2D eigenvalue weighted by atomic mass is 19.1. The largest absolute Gasteiger partial charge is 0.493 e. The van der Waals surface area contributed by atoms with Crippen LogP contribution in [-0.4, -0.2) is 34.1 Å². The molecule has 1 aliphatic carbocycles. The van der Waals surface area contributed by atoms with Gasteiger partial charge in [-0.3, -0.25) is 4.90 Å². The Morgan fingerprint density at radius 3 is 2.69 bits per heavy atom. The number of piperidine rings is 1. The second-order valence-corrected chi connectivity index (χ2v) is 7.53. The van der Waals surface area contributed by atoms with E-state index in [1.165, 1.54) is 17.6 Å². The summed E-state index contributed by atoms with van der Waals surface area (Å²) in [6.07, 6.45) is 0. The predicted molar refractivity (Wildman–Crippen MR) is 98.4 cm³/mol. The SMILES string of the molecule is Cn1c(CN2CC3C(COc4cccc(F)c4)C3C2)nc2ccccc21. The van der Waals surface area contributed by atoms with Crippen LogP contribution in [0.1, 0.15) is 5.82 Å². The molecule has 0 radical (unpaired) electrons. The molecule has 3 aromatic rings. The van der Waals surface area contributed by atoms with Gasteiger partial charge in [0.1, 0.15) is 17.4 Å². The second-order valence-electron chi connectivity index (χ2n) is 7.53. The van der Waals surface area contributed by atoms with Crippen molar-refractivity contribution in [2.24, 2.45) is 24.8 Å². The second kappa shape index (κ2) is 6.09. The summed E-state index contributed by atoms with van der Waals surface area (Å²) < 4.78 is 21.2. The Bertz CT molecular complexity index is 941. The van der Waals surface area contributed by atoms with Gasteiger partial charge in [0.2, 0.25) is 0 Å². The number of likely N-dealkylation sites (tertiary alicyclic amines) is 1. The molecule has 26 heavy (non-hydrogen) atoms. The summed E-state index contributed by atoms with van der Waals surface area (Å²) in [4.78, 5) is 7.28. The van der Waals surface area contributed by atoms with Gasteiger partial charge in [0.25, 0.3) is 0 Å². The van der Waals surface area contributed by atoms with Crippen molar-refractivity contribution in [2.45, 2.75) is 6.54 Å². The van der Waals surface area contributed by atoms with Crippen LogP contribution in [0.4, 0.5) is 4.39 Å². The number of rotatable bonds is 5. The first kappa shape index (κ1) is 15.8. The number of imidazole rings is 1. The molecular weight excluding hydrogens is 329 g/mol. The minimum absolute atomic E-state index is 0.243. The van der Waals surface area contributed by atoms with Crippen LogP contribution in [0.2, 0.25) is 0 Å². The number of ether oxygens (including phenoxy) is 1. The van der Waals surface area contributed by atoms with Crippen LogP contribution in [0.5, 0.6) is 5.75 Å². The highest BCUT2D eigenvalue weighted by Gasteiger charge is 2.55. The zero-order chi connectivity index (χ0) is 17.7. The Morgan fingerprint density at radius 1 is 1.12 bits per heavy atom. The quantitative estimate of drug-likeness (QED) is 0.705. The molecule has 1 saturated carbocycles. The predicted octanol–water partition coefficient (Wildman–Crippen LogP) is 3.47. The lowest BCUT2D eigenvalue weighted by Crippen LogP contribution is -2.26. The zero-order valence-electron chi connectivity index (χ0n) is 14.8. The van der Waals surface area contributed by atoms with Crippen LogP contribution in [-0.2, 0) is 13.6 Å². The summed E-state index contributed by atoms with van der Waals surface area (Å²) in [5, 5.41) is 0. The molecular formula is C21H22FN3O. The fourth-order valence-corrected chi connectivity index (χ4v) is 4.40. The van der Waals surface area contributed by atoms with Crippen LogP contribution < -0.4 is 4.74 Å². The molecule has 134 valence electrons. The molecule has 0 amide bonds. The van der Waals surface area contributed by atoms with Crippen molar-refractivity contribution in [3.63, 3.8) is 0 Å². The third kappa shape index (κ3) is 2.76. The van der Waals surface area contributed by atoms with Crippen LogP contribution in [0.25, 0.3) is 11.0 Å². The van der Waals surface area contributed by atoms with Crippen molar-refractivity contribution in [2.75, 3.05) is 19.7 Å². The van der Waals surface area contributed by atoms with Gasteiger partial charge in [0, 0.05) is 32.1 Å². The molecule has 2 unspecified atom stereocenters. The molecule has 5 heteroatoms. The maximum absolute atomic E-state index is 13.2. The van der Waals surface area contributed by atoms with Gasteiger partial charge in [-0.15, -0.1) is 0 Å². The van der Waals surface area contributed by atoms with Crippen molar-refractivity contribution in [3.8, 4) is 5.75 Å². The Balaban J connectivity index is 1.17. The van der Waals surface area contributed by atoms with Crippen LogP contribution in [0.3, 0.4) is 0 Å². The van der Waals surface area contributed by atoms with E-state index in [9.17, 15) is 4.39 Å². The number of aromatic nitrogens is 2. The van der Waals surface area contributed by atoms with Gasteiger partial charge in [-0.1, -0.05) is 18.2 Å². The van der Waals surface area contributed by atoms with Crippen molar-refractivity contribution in [1.82, 2.24) is 14.5 Å². The van der Waals surface area contributed by atoms with Gasteiger partial charge in [-0.2, -0.15) is 0 Å². The summed E-state index contributed by atoms with van der Waals surface area (Å²) >= 11 is 0. The average molecular weight is 351 g/mol. The highest BCUT2D eigenvalue weighted by Crippen LogP contribution is 2.52. The van der Waals surface area contributed by atoms with Crippen LogP contribution >= 0.6 is 0 Å². The summed E-state index contributed by atoms with van der Waals surface area (Å²) in [5.74, 6) is 3.53. The first-order valence-corrected chi connectivity index (χ1v) is 9.20. The number of benzene rings is 2. The fraction of sp³-hybridized carbons (Fsp3) is 0.381. The third-order valence-electron chi connectivity index (χ3n) is 5.93. The maximum Gasteiger partial charge on any atom is 0.126 e. The molecule has 1 aromatic heterocycles. The fourth-order valence-electron chi connectivity index (χ4n) is 4.40. The van der Waals surface area contributed by atoms with E-state index in [-0.39, 0.29) is 5.82 Å². The number of aryl methyl sites for hydroxylation is 1. The Kier molecular flexibility index (Phi) is 3.71. The summed E-state index contributed by atoms with van der Waals surface area (Å²) in [6.45, 7) is 3.80. The third-order valence-corrected chi connectivity index (χ3v) is 5.93. The van der Waals surface area contributed by atoms with E-state index in [0.29, 0.717) is 30.1 Å². The Hall–Kier alpha value is -2.40. The van der Waals surface area contributed by atoms with Crippen molar-refractivity contribution >= 4 is 11.0 Å². The van der Waals surface area contributed by atoms with Crippen molar-refractivity contribution in [3.05, 3.63) is 60.2 Å². The van der Waals surface area contributed by atoms with E-state index in [1.54, 1.807) is 6.07 Å². The molecule has 2 aliphatic rings. The number of halogens is 1. The Labute approximate surface area is 152 Å². The standard InChI is InChI=1S/C21H22FN3O/c1-24-20-8-3-2-7-19(20)23-21(24)12-25-10-16-17(11-25)18(16)13-26-15-6-4-5-14(22)9-15/h2-9,16-18H,10-13H2,1H3. The maximum atomic E-state index is 13.2. The lowest BCUT2D eigenvalue weighted by molar-refractivity contribution is 0.226. The molecule has 0 bridgehead atoms. The molecule has 2 atom stereocenters. The number of fused-ring (bicyclic) bond motifs is 2. The van der Waals surface area contributed by atoms with E-state index < -0.39 is 0 Å². The lowest BCUT2D eigenvalue weighted by Gasteiger charge is -2.19. The van der Waals surface area contributed by atoms with E-state index >= 15 is 0 Å². The summed E-state index contributed by atoms with van der Waals surface area (Å²) in [7, 11) is 2.09.